The highest BCUT2D eigenvalue weighted by molar-refractivity contribution is 5.68. The van der Waals surface area contributed by atoms with Gasteiger partial charge >= 0.3 is 6.09 Å². The lowest BCUT2D eigenvalue weighted by atomic mass is 9.91. The van der Waals surface area contributed by atoms with Crippen molar-refractivity contribution in [1.29, 1.82) is 0 Å². The molecule has 1 saturated heterocycles. The third-order valence-electron chi connectivity index (χ3n) is 4.39. The molecule has 1 aliphatic heterocycles. The fraction of sp³-hybridized carbons (Fsp3) is 0.944. The summed E-state index contributed by atoms with van der Waals surface area (Å²) in [6.07, 6.45) is 4.61. The van der Waals surface area contributed by atoms with Gasteiger partial charge in [-0.3, -0.25) is 0 Å². The van der Waals surface area contributed by atoms with E-state index in [-0.39, 0.29) is 6.09 Å². The summed E-state index contributed by atoms with van der Waals surface area (Å²) in [6, 6.07) is 0.449. The second-order valence-electron chi connectivity index (χ2n) is 7.92. The molecule has 0 saturated carbocycles. The number of amides is 1. The number of likely N-dealkylation sites (tertiary alicyclic amines) is 1. The van der Waals surface area contributed by atoms with E-state index in [1.54, 1.807) is 0 Å². The molecule has 0 radical (unpaired) electrons. The van der Waals surface area contributed by atoms with E-state index in [1.807, 2.05) is 25.7 Å². The second kappa shape index (κ2) is 8.76. The fourth-order valence-corrected chi connectivity index (χ4v) is 3.06. The molecule has 1 heterocycles. The van der Waals surface area contributed by atoms with Crippen molar-refractivity contribution in [3.8, 4) is 0 Å². The van der Waals surface area contributed by atoms with Crippen LogP contribution in [0, 0.1) is 11.8 Å². The van der Waals surface area contributed by atoms with Crippen molar-refractivity contribution in [1.82, 2.24) is 10.2 Å². The zero-order chi connectivity index (χ0) is 16.8. The number of rotatable bonds is 6. The number of hydrogen-bond donors (Lipinski definition) is 1. The Labute approximate surface area is 137 Å². The molecule has 0 spiro atoms. The van der Waals surface area contributed by atoms with Gasteiger partial charge in [0.1, 0.15) is 5.60 Å². The third kappa shape index (κ3) is 6.99. The van der Waals surface area contributed by atoms with Crippen LogP contribution in [0.3, 0.4) is 0 Å². The minimum absolute atomic E-state index is 0.163. The number of piperidine rings is 1. The van der Waals surface area contributed by atoms with Crippen LogP contribution in [0.15, 0.2) is 0 Å². The molecule has 4 nitrogen and oxygen atoms in total. The maximum atomic E-state index is 12.2. The van der Waals surface area contributed by atoms with Crippen LogP contribution in [0.1, 0.15) is 67.2 Å². The van der Waals surface area contributed by atoms with Gasteiger partial charge in [0.2, 0.25) is 0 Å². The zero-order valence-corrected chi connectivity index (χ0v) is 15.4. The van der Waals surface area contributed by atoms with Crippen molar-refractivity contribution < 1.29 is 9.53 Å². The van der Waals surface area contributed by atoms with Crippen LogP contribution in [0.5, 0.6) is 0 Å². The first-order valence-corrected chi connectivity index (χ1v) is 8.94. The Balaban J connectivity index is 2.43. The molecule has 3 unspecified atom stereocenters. The largest absolute Gasteiger partial charge is 0.444 e. The van der Waals surface area contributed by atoms with E-state index < -0.39 is 5.60 Å². The third-order valence-corrected chi connectivity index (χ3v) is 4.39. The summed E-state index contributed by atoms with van der Waals surface area (Å²) in [5, 5.41) is 3.67. The van der Waals surface area contributed by atoms with Gasteiger partial charge in [0.05, 0.1) is 0 Å². The van der Waals surface area contributed by atoms with Crippen molar-refractivity contribution in [2.45, 2.75) is 78.9 Å². The van der Waals surface area contributed by atoms with Crippen molar-refractivity contribution in [2.24, 2.45) is 11.8 Å². The van der Waals surface area contributed by atoms with Gasteiger partial charge < -0.3 is 15.0 Å². The van der Waals surface area contributed by atoms with E-state index in [0.29, 0.717) is 12.0 Å². The molecule has 3 atom stereocenters. The monoisotopic (exact) mass is 312 g/mol. The number of carbonyl (C=O) groups is 1. The topological polar surface area (TPSA) is 41.6 Å². The Hall–Kier alpha value is -0.770. The molecule has 130 valence electrons. The maximum Gasteiger partial charge on any atom is 0.410 e. The molecule has 0 aromatic rings. The fourth-order valence-electron chi connectivity index (χ4n) is 3.06. The quantitative estimate of drug-likeness (QED) is 0.804. The first kappa shape index (κ1) is 19.3. The average Bonchev–Trinajstić information content (AvgIpc) is 2.43. The molecule has 1 amide bonds. The second-order valence-corrected chi connectivity index (χ2v) is 7.92. The summed E-state index contributed by atoms with van der Waals surface area (Å²) in [6.45, 7) is 15.3. The van der Waals surface area contributed by atoms with Crippen LogP contribution in [0.4, 0.5) is 4.79 Å². The van der Waals surface area contributed by atoms with Gasteiger partial charge in [-0.15, -0.1) is 0 Å². The first-order chi connectivity index (χ1) is 10.2. The molecule has 1 aliphatic rings. The van der Waals surface area contributed by atoms with Gasteiger partial charge in [0.15, 0.2) is 0 Å². The highest BCUT2D eigenvalue weighted by atomic mass is 16.6. The van der Waals surface area contributed by atoms with Crippen LogP contribution in [-0.4, -0.2) is 42.3 Å². The minimum Gasteiger partial charge on any atom is -0.444 e. The lowest BCUT2D eigenvalue weighted by Gasteiger charge is -2.37. The summed E-state index contributed by atoms with van der Waals surface area (Å²) in [4.78, 5) is 14.1. The predicted molar refractivity (Wildman–Crippen MR) is 92.1 cm³/mol. The molecule has 0 aromatic carbocycles. The molecule has 4 heteroatoms. The van der Waals surface area contributed by atoms with Crippen molar-refractivity contribution in [3.63, 3.8) is 0 Å². The van der Waals surface area contributed by atoms with E-state index in [2.05, 4.69) is 26.1 Å². The number of ether oxygens (including phenoxy) is 1. The molecular formula is C18H36N2O2. The van der Waals surface area contributed by atoms with Crippen LogP contribution in [-0.2, 0) is 4.74 Å². The SMILES string of the molecule is CCCC(C)CNC(C)C1CCCN(C(=O)OC(C)(C)C)C1. The first-order valence-electron chi connectivity index (χ1n) is 8.94. The molecule has 1 N–H and O–H groups in total. The smallest absolute Gasteiger partial charge is 0.410 e. The summed E-state index contributed by atoms with van der Waals surface area (Å²) in [7, 11) is 0. The van der Waals surface area contributed by atoms with Crippen molar-refractivity contribution in [2.75, 3.05) is 19.6 Å². The van der Waals surface area contributed by atoms with E-state index in [9.17, 15) is 4.79 Å². The molecule has 0 aliphatic carbocycles. The molecule has 0 aromatic heterocycles. The number of carbonyl (C=O) groups excluding carboxylic acids is 1. The zero-order valence-electron chi connectivity index (χ0n) is 15.4. The van der Waals surface area contributed by atoms with Gasteiger partial charge in [0.25, 0.3) is 0 Å². The Morgan fingerprint density at radius 2 is 2.05 bits per heavy atom. The Kier molecular flexibility index (Phi) is 7.67. The average molecular weight is 312 g/mol. The van der Waals surface area contributed by atoms with Crippen LogP contribution in [0.25, 0.3) is 0 Å². The minimum atomic E-state index is -0.413. The van der Waals surface area contributed by atoms with E-state index in [0.717, 1.165) is 32.0 Å². The summed E-state index contributed by atoms with van der Waals surface area (Å²) in [5.74, 6) is 1.24. The van der Waals surface area contributed by atoms with Crippen LogP contribution in [0.2, 0.25) is 0 Å². The van der Waals surface area contributed by atoms with Crippen molar-refractivity contribution >= 4 is 6.09 Å². The Morgan fingerprint density at radius 3 is 2.64 bits per heavy atom. The van der Waals surface area contributed by atoms with E-state index >= 15 is 0 Å². The van der Waals surface area contributed by atoms with E-state index in [1.165, 1.54) is 19.3 Å². The van der Waals surface area contributed by atoms with Crippen molar-refractivity contribution in [3.05, 3.63) is 0 Å². The lowest BCUT2D eigenvalue weighted by molar-refractivity contribution is 0.0148. The molecular weight excluding hydrogens is 276 g/mol. The van der Waals surface area contributed by atoms with Gasteiger partial charge in [0, 0.05) is 19.1 Å². The van der Waals surface area contributed by atoms with Gasteiger partial charge in [-0.25, -0.2) is 4.79 Å². The van der Waals surface area contributed by atoms with Gasteiger partial charge in [-0.2, -0.15) is 0 Å². The molecule has 1 fully saturated rings. The molecule has 1 rings (SSSR count). The normalized spacial score (nSPS) is 22.3. The lowest BCUT2D eigenvalue weighted by Crippen LogP contribution is -2.48. The maximum absolute atomic E-state index is 12.2. The summed E-state index contributed by atoms with van der Waals surface area (Å²) >= 11 is 0. The molecule has 0 bridgehead atoms. The number of hydrogen-bond acceptors (Lipinski definition) is 3. The number of nitrogens with zero attached hydrogens (tertiary/aromatic N) is 1. The standard InChI is InChI=1S/C18H36N2O2/c1-7-9-14(2)12-19-15(3)16-10-8-11-20(13-16)17(21)22-18(4,5)6/h14-16,19H,7-13H2,1-6H3. The highest BCUT2D eigenvalue weighted by Crippen LogP contribution is 2.22. The van der Waals surface area contributed by atoms with Gasteiger partial charge in [-0.05, 0) is 65.3 Å². The number of nitrogens with one attached hydrogen (secondary N) is 1. The van der Waals surface area contributed by atoms with Gasteiger partial charge in [-0.1, -0.05) is 20.3 Å². The van der Waals surface area contributed by atoms with Crippen LogP contribution < -0.4 is 5.32 Å². The van der Waals surface area contributed by atoms with E-state index in [4.69, 9.17) is 4.74 Å². The highest BCUT2D eigenvalue weighted by Gasteiger charge is 2.30. The Morgan fingerprint density at radius 1 is 1.36 bits per heavy atom. The Bertz CT molecular complexity index is 338. The predicted octanol–water partition coefficient (Wildman–Crippen LogP) is 4.05. The van der Waals surface area contributed by atoms with Crippen LogP contribution >= 0.6 is 0 Å². The molecule has 22 heavy (non-hydrogen) atoms. The summed E-state index contributed by atoms with van der Waals surface area (Å²) in [5.41, 5.74) is -0.413. The summed E-state index contributed by atoms with van der Waals surface area (Å²) < 4.78 is 5.50.